The molecule has 2 nitrogen and oxygen atoms in total. The molecule has 1 saturated heterocycles. The Morgan fingerprint density at radius 2 is 1.59 bits per heavy atom. The van der Waals surface area contributed by atoms with E-state index < -0.39 is 0 Å². The van der Waals surface area contributed by atoms with Crippen molar-refractivity contribution >= 4 is 5.91 Å². The molecule has 0 saturated carbocycles. The van der Waals surface area contributed by atoms with Crippen molar-refractivity contribution in [2.24, 2.45) is 5.92 Å². The lowest BCUT2D eigenvalue weighted by molar-refractivity contribution is -0.129. The molecule has 1 amide bonds. The van der Waals surface area contributed by atoms with Crippen molar-refractivity contribution in [2.75, 3.05) is 0 Å². The fourth-order valence-electron chi connectivity index (χ4n) is 3.21. The molecule has 1 aliphatic heterocycles. The van der Waals surface area contributed by atoms with Crippen molar-refractivity contribution in [2.45, 2.75) is 25.4 Å². The summed E-state index contributed by atoms with van der Waals surface area (Å²) in [4.78, 5) is 14.4. The number of carbonyl (C=O) groups excluding carboxylic acids is 1. The van der Waals surface area contributed by atoms with E-state index in [1.54, 1.807) is 0 Å². The number of carbonyl (C=O) groups is 1. The van der Waals surface area contributed by atoms with Crippen LogP contribution in [-0.4, -0.2) is 16.8 Å². The number of likely N-dealkylation sites (tertiary alicyclic amines) is 1. The molecular formula is C20H21NO. The summed E-state index contributed by atoms with van der Waals surface area (Å²) in [6.07, 6.45) is 3.40. The maximum absolute atomic E-state index is 12.4. The summed E-state index contributed by atoms with van der Waals surface area (Å²) in [6, 6.07) is 20.8. The molecule has 112 valence electrons. The summed E-state index contributed by atoms with van der Waals surface area (Å²) in [7, 11) is 0. The number of benzene rings is 2. The van der Waals surface area contributed by atoms with E-state index >= 15 is 0 Å². The molecule has 0 N–H and O–H groups in total. The van der Waals surface area contributed by atoms with Crippen molar-refractivity contribution in [1.82, 2.24) is 4.90 Å². The third kappa shape index (κ3) is 3.11. The highest BCUT2D eigenvalue weighted by atomic mass is 16.2. The minimum Gasteiger partial charge on any atom is -0.334 e. The second kappa shape index (κ2) is 6.61. The Labute approximate surface area is 132 Å². The fourth-order valence-corrected chi connectivity index (χ4v) is 3.21. The summed E-state index contributed by atoms with van der Waals surface area (Å²) in [6.45, 7) is 4.61. The van der Waals surface area contributed by atoms with Crippen LogP contribution >= 0.6 is 0 Å². The molecule has 22 heavy (non-hydrogen) atoms. The van der Waals surface area contributed by atoms with E-state index in [0.717, 1.165) is 6.42 Å². The van der Waals surface area contributed by atoms with Gasteiger partial charge in [-0.1, -0.05) is 66.7 Å². The molecule has 0 bridgehead atoms. The molecule has 1 fully saturated rings. The van der Waals surface area contributed by atoms with Crippen LogP contribution in [0.15, 0.2) is 73.3 Å². The summed E-state index contributed by atoms with van der Waals surface area (Å²) in [5.74, 6) is 0.464. The Hall–Kier alpha value is -2.35. The fraction of sp³-hybridized carbons (Fsp3) is 0.250. The molecule has 2 atom stereocenters. The van der Waals surface area contributed by atoms with Crippen molar-refractivity contribution in [3.05, 3.63) is 84.4 Å². The predicted molar refractivity (Wildman–Crippen MR) is 89.2 cm³/mol. The molecule has 3 rings (SSSR count). The van der Waals surface area contributed by atoms with Crippen LogP contribution in [-0.2, 0) is 17.8 Å². The van der Waals surface area contributed by atoms with Gasteiger partial charge in [-0.15, -0.1) is 6.58 Å². The maximum Gasteiger partial charge on any atom is 0.223 e. The minimum absolute atomic E-state index is 0.201. The molecule has 0 spiro atoms. The predicted octanol–water partition coefficient (Wildman–Crippen LogP) is 3.83. The first-order valence-corrected chi connectivity index (χ1v) is 7.78. The lowest BCUT2D eigenvalue weighted by Crippen LogP contribution is -2.36. The molecule has 1 aliphatic rings. The lowest BCUT2D eigenvalue weighted by Gasteiger charge is -2.27. The quantitative estimate of drug-likeness (QED) is 0.767. The Morgan fingerprint density at radius 1 is 1.00 bits per heavy atom. The van der Waals surface area contributed by atoms with Crippen LogP contribution in [0.4, 0.5) is 0 Å². The molecule has 0 radical (unpaired) electrons. The van der Waals surface area contributed by atoms with Crippen molar-refractivity contribution in [3.63, 3.8) is 0 Å². The van der Waals surface area contributed by atoms with Crippen LogP contribution in [0.2, 0.25) is 0 Å². The zero-order chi connectivity index (χ0) is 15.4. The van der Waals surface area contributed by atoms with Crippen LogP contribution in [0.25, 0.3) is 0 Å². The zero-order valence-electron chi connectivity index (χ0n) is 12.7. The van der Waals surface area contributed by atoms with Gasteiger partial charge in [-0.25, -0.2) is 0 Å². The largest absolute Gasteiger partial charge is 0.334 e. The van der Waals surface area contributed by atoms with Gasteiger partial charge in [-0.2, -0.15) is 0 Å². The Kier molecular flexibility index (Phi) is 4.38. The van der Waals surface area contributed by atoms with E-state index in [0.29, 0.717) is 13.0 Å². The third-order valence-electron chi connectivity index (χ3n) is 4.41. The number of nitrogens with zero attached hydrogens (tertiary/aromatic N) is 1. The third-order valence-corrected chi connectivity index (χ3v) is 4.41. The van der Waals surface area contributed by atoms with Crippen LogP contribution in [0.5, 0.6) is 0 Å². The van der Waals surface area contributed by atoms with Gasteiger partial charge in [0.15, 0.2) is 0 Å². The first kappa shape index (κ1) is 14.6. The van der Waals surface area contributed by atoms with Gasteiger partial charge in [-0.05, 0) is 17.5 Å². The second-order valence-corrected chi connectivity index (χ2v) is 5.87. The van der Waals surface area contributed by atoms with Gasteiger partial charge in [0.25, 0.3) is 0 Å². The smallest absolute Gasteiger partial charge is 0.223 e. The first-order valence-electron chi connectivity index (χ1n) is 7.78. The molecule has 2 aromatic carbocycles. The number of rotatable bonds is 5. The monoisotopic (exact) mass is 291 g/mol. The van der Waals surface area contributed by atoms with Crippen molar-refractivity contribution in [3.8, 4) is 0 Å². The number of hydrogen-bond acceptors (Lipinski definition) is 1. The summed E-state index contributed by atoms with van der Waals surface area (Å²) in [5, 5.41) is 0. The zero-order valence-corrected chi connectivity index (χ0v) is 12.7. The Morgan fingerprint density at radius 3 is 2.18 bits per heavy atom. The average Bonchev–Trinajstić information content (AvgIpc) is 2.85. The lowest BCUT2D eigenvalue weighted by atomic mass is 9.94. The molecule has 2 aromatic rings. The van der Waals surface area contributed by atoms with E-state index in [1.807, 2.05) is 35.2 Å². The number of hydrogen-bond donors (Lipinski definition) is 0. The van der Waals surface area contributed by atoms with Gasteiger partial charge in [0.1, 0.15) is 0 Å². The highest BCUT2D eigenvalue weighted by Crippen LogP contribution is 2.30. The summed E-state index contributed by atoms with van der Waals surface area (Å²) in [5.41, 5.74) is 2.45. The van der Waals surface area contributed by atoms with E-state index in [1.165, 1.54) is 11.1 Å². The van der Waals surface area contributed by atoms with E-state index in [9.17, 15) is 4.79 Å². The van der Waals surface area contributed by atoms with Crippen molar-refractivity contribution in [1.29, 1.82) is 0 Å². The van der Waals surface area contributed by atoms with Crippen LogP contribution in [0, 0.1) is 5.92 Å². The van der Waals surface area contributed by atoms with E-state index in [-0.39, 0.29) is 17.9 Å². The minimum atomic E-state index is 0.201. The van der Waals surface area contributed by atoms with E-state index in [2.05, 4.69) is 43.0 Å². The van der Waals surface area contributed by atoms with Crippen LogP contribution in [0.3, 0.4) is 0 Å². The molecule has 0 aromatic heterocycles. The molecule has 0 aliphatic carbocycles. The standard InChI is InChI=1S/C20H21NO/c1-2-18-14-20(22)21(15-17-11-7-4-8-12-17)19(18)13-16-9-5-3-6-10-16/h2-12,18-19H,1,13-15H2/t18-,19+/m1/s1. The highest BCUT2D eigenvalue weighted by molar-refractivity contribution is 5.79. The molecule has 1 heterocycles. The van der Waals surface area contributed by atoms with Crippen molar-refractivity contribution < 1.29 is 4.79 Å². The van der Waals surface area contributed by atoms with Gasteiger partial charge < -0.3 is 4.90 Å². The second-order valence-electron chi connectivity index (χ2n) is 5.87. The summed E-state index contributed by atoms with van der Waals surface area (Å²) >= 11 is 0. The highest BCUT2D eigenvalue weighted by Gasteiger charge is 2.37. The topological polar surface area (TPSA) is 20.3 Å². The number of amides is 1. The van der Waals surface area contributed by atoms with Gasteiger partial charge in [0, 0.05) is 24.9 Å². The van der Waals surface area contributed by atoms with Gasteiger partial charge >= 0.3 is 0 Å². The molecule has 2 heteroatoms. The van der Waals surface area contributed by atoms with Gasteiger partial charge in [-0.3, -0.25) is 4.79 Å². The average molecular weight is 291 g/mol. The first-order chi connectivity index (χ1) is 10.8. The van der Waals surface area contributed by atoms with Crippen LogP contribution < -0.4 is 0 Å². The maximum atomic E-state index is 12.4. The SMILES string of the molecule is C=C[C@@H]1CC(=O)N(Cc2ccccc2)[C@H]1Cc1ccccc1. The van der Waals surface area contributed by atoms with Gasteiger partial charge in [0.2, 0.25) is 5.91 Å². The Balaban J connectivity index is 1.82. The normalized spacial score (nSPS) is 21.1. The summed E-state index contributed by atoms with van der Waals surface area (Å²) < 4.78 is 0. The van der Waals surface area contributed by atoms with Gasteiger partial charge in [0.05, 0.1) is 0 Å². The van der Waals surface area contributed by atoms with E-state index in [4.69, 9.17) is 0 Å². The molecule has 0 unspecified atom stereocenters. The Bertz CT molecular complexity index is 635. The van der Waals surface area contributed by atoms with Crippen LogP contribution in [0.1, 0.15) is 17.5 Å². The molecular weight excluding hydrogens is 270 g/mol.